The number of carbonyl (C=O) groups excluding carboxylic acids is 1. The summed E-state index contributed by atoms with van der Waals surface area (Å²) in [6, 6.07) is 24.1. The van der Waals surface area contributed by atoms with Gasteiger partial charge in [-0.2, -0.15) is 0 Å². The highest BCUT2D eigenvalue weighted by Crippen LogP contribution is 2.20. The molecule has 6 heteroatoms. The van der Waals surface area contributed by atoms with Crippen molar-refractivity contribution >= 4 is 45.0 Å². The molecule has 1 aliphatic heterocycles. The summed E-state index contributed by atoms with van der Waals surface area (Å²) in [5.74, 6) is 0.313. The van der Waals surface area contributed by atoms with Gasteiger partial charge in [0.05, 0.1) is 44.7 Å². The van der Waals surface area contributed by atoms with Gasteiger partial charge in [-0.1, -0.05) is 60.3 Å². The van der Waals surface area contributed by atoms with E-state index in [0.717, 1.165) is 48.1 Å². The number of likely N-dealkylation sites (N-methyl/N-ethyl adjacent to an activating group) is 1. The number of anilines is 1. The first-order chi connectivity index (χ1) is 14.7. The molecule has 1 fully saturated rings. The van der Waals surface area contributed by atoms with Gasteiger partial charge in [-0.3, -0.25) is 4.79 Å². The number of amidine groups is 1. The van der Waals surface area contributed by atoms with E-state index in [1.54, 1.807) is 0 Å². The minimum atomic E-state index is -0.0178. The van der Waals surface area contributed by atoms with Gasteiger partial charge in [-0.15, -0.1) is 0 Å². The molecule has 0 aromatic heterocycles. The summed E-state index contributed by atoms with van der Waals surface area (Å²) < 4.78 is 0. The number of nitrogens with zero attached hydrogens (tertiary/aromatic N) is 2. The maximum Gasteiger partial charge on any atom is 0.234 e. The number of para-hydroxylation sites is 1. The number of quaternary nitrogens is 1. The number of thioether (sulfide) groups is 1. The van der Waals surface area contributed by atoms with Crippen molar-refractivity contribution in [2.45, 2.75) is 0 Å². The number of fused-ring (bicyclic) bond motifs is 1. The Balaban J connectivity index is 1.43. The number of piperazine rings is 1. The Morgan fingerprint density at radius 3 is 2.47 bits per heavy atom. The van der Waals surface area contributed by atoms with Crippen molar-refractivity contribution in [1.82, 2.24) is 4.90 Å². The van der Waals surface area contributed by atoms with E-state index in [4.69, 9.17) is 4.99 Å². The summed E-state index contributed by atoms with van der Waals surface area (Å²) in [5, 5.41) is 6.23. The molecule has 0 radical (unpaired) electrons. The molecule has 0 unspecified atom stereocenters. The fourth-order valence-electron chi connectivity index (χ4n) is 3.48. The number of benzene rings is 3. The Bertz CT molecular complexity index is 1030. The van der Waals surface area contributed by atoms with Crippen molar-refractivity contribution in [2.75, 3.05) is 44.3 Å². The third kappa shape index (κ3) is 5.40. The predicted molar refractivity (Wildman–Crippen MR) is 127 cm³/mol. The molecule has 5 nitrogen and oxygen atoms in total. The summed E-state index contributed by atoms with van der Waals surface area (Å²) in [4.78, 5) is 21.3. The minimum absolute atomic E-state index is 0.0178. The molecule has 0 bridgehead atoms. The van der Waals surface area contributed by atoms with E-state index in [1.165, 1.54) is 22.0 Å². The van der Waals surface area contributed by atoms with E-state index < -0.39 is 0 Å². The molecule has 0 saturated carbocycles. The molecule has 3 aromatic carbocycles. The van der Waals surface area contributed by atoms with Gasteiger partial charge in [0, 0.05) is 5.69 Å². The van der Waals surface area contributed by atoms with Crippen LogP contribution >= 0.6 is 11.8 Å². The molecular formula is C24H27N4OS+. The van der Waals surface area contributed by atoms with Crippen LogP contribution in [0, 0.1) is 0 Å². The fourth-order valence-corrected chi connectivity index (χ4v) is 4.35. The maximum atomic E-state index is 12.6. The Morgan fingerprint density at radius 2 is 1.70 bits per heavy atom. The number of hydrogen-bond donors (Lipinski definition) is 2. The van der Waals surface area contributed by atoms with Crippen molar-refractivity contribution in [3.63, 3.8) is 0 Å². The minimum Gasteiger partial charge on any atom is -0.340 e. The van der Waals surface area contributed by atoms with E-state index in [2.05, 4.69) is 29.4 Å². The monoisotopic (exact) mass is 419 g/mol. The summed E-state index contributed by atoms with van der Waals surface area (Å²) in [6.07, 6.45) is 0. The summed E-state index contributed by atoms with van der Waals surface area (Å²) >= 11 is 1.51. The summed E-state index contributed by atoms with van der Waals surface area (Å²) in [7, 11) is 2.22. The van der Waals surface area contributed by atoms with Gasteiger partial charge in [0.25, 0.3) is 0 Å². The zero-order valence-electron chi connectivity index (χ0n) is 17.2. The highest BCUT2D eigenvalue weighted by Gasteiger charge is 2.21. The van der Waals surface area contributed by atoms with Crippen LogP contribution < -0.4 is 10.2 Å². The molecule has 3 aromatic rings. The maximum absolute atomic E-state index is 12.6. The Hall–Kier alpha value is -2.83. The van der Waals surface area contributed by atoms with Crippen LogP contribution in [-0.4, -0.2) is 55.0 Å². The average Bonchev–Trinajstić information content (AvgIpc) is 2.78. The van der Waals surface area contributed by atoms with E-state index >= 15 is 0 Å². The van der Waals surface area contributed by atoms with Crippen LogP contribution in [0.1, 0.15) is 0 Å². The van der Waals surface area contributed by atoms with E-state index in [-0.39, 0.29) is 5.91 Å². The standard InChI is InChI=1S/C24H26N4OS/c1-27-13-15-28(16-14-27)24(26-21-9-3-2-4-10-21)30-18-23(29)25-22-12-11-19-7-5-6-8-20(19)17-22/h2-12,17H,13-16,18H2,1H3,(H,25,29)/p+1. The molecule has 1 aliphatic rings. The zero-order chi connectivity index (χ0) is 20.8. The largest absolute Gasteiger partial charge is 0.340 e. The Morgan fingerprint density at radius 1 is 1.00 bits per heavy atom. The number of rotatable bonds is 4. The van der Waals surface area contributed by atoms with E-state index in [0.29, 0.717) is 5.75 Å². The molecule has 2 N–H and O–H groups in total. The number of hydrogen-bond acceptors (Lipinski definition) is 3. The van der Waals surface area contributed by atoms with Crippen LogP contribution in [0.25, 0.3) is 10.8 Å². The first kappa shape index (κ1) is 20.4. The van der Waals surface area contributed by atoms with Crippen molar-refractivity contribution in [1.29, 1.82) is 0 Å². The van der Waals surface area contributed by atoms with Crippen molar-refractivity contribution < 1.29 is 9.69 Å². The smallest absolute Gasteiger partial charge is 0.234 e. The SMILES string of the molecule is C[NH+]1CCN(C(=Nc2ccccc2)SCC(=O)Nc2ccc3ccccc3c2)CC1. The number of aliphatic imine (C=N–C) groups is 1. The van der Waals surface area contributed by atoms with Crippen molar-refractivity contribution in [3.8, 4) is 0 Å². The summed E-state index contributed by atoms with van der Waals surface area (Å²) in [5.41, 5.74) is 1.74. The average molecular weight is 420 g/mol. The number of nitrogens with one attached hydrogen (secondary N) is 2. The van der Waals surface area contributed by atoms with Crippen LogP contribution in [0.3, 0.4) is 0 Å². The molecule has 1 saturated heterocycles. The molecule has 1 heterocycles. The zero-order valence-corrected chi connectivity index (χ0v) is 18.0. The Labute approximate surface area is 181 Å². The molecular weight excluding hydrogens is 392 g/mol. The molecule has 0 aliphatic carbocycles. The second kappa shape index (κ2) is 9.78. The van der Waals surface area contributed by atoms with E-state index in [1.807, 2.05) is 60.7 Å². The number of amides is 1. The van der Waals surface area contributed by atoms with Crippen LogP contribution in [0.5, 0.6) is 0 Å². The first-order valence-electron chi connectivity index (χ1n) is 10.3. The summed E-state index contributed by atoms with van der Waals surface area (Å²) in [6.45, 7) is 4.07. The van der Waals surface area contributed by atoms with Crippen LogP contribution in [0.15, 0.2) is 77.8 Å². The third-order valence-electron chi connectivity index (χ3n) is 5.23. The number of carbonyl (C=O) groups is 1. The highest BCUT2D eigenvalue weighted by molar-refractivity contribution is 8.14. The topological polar surface area (TPSA) is 49.1 Å². The molecule has 1 amide bonds. The fraction of sp³-hybridized carbons (Fsp3) is 0.250. The van der Waals surface area contributed by atoms with E-state index in [9.17, 15) is 4.79 Å². The lowest BCUT2D eigenvalue weighted by Gasteiger charge is -2.32. The van der Waals surface area contributed by atoms with Gasteiger partial charge in [0.1, 0.15) is 0 Å². The first-order valence-corrected chi connectivity index (χ1v) is 11.3. The van der Waals surface area contributed by atoms with Gasteiger partial charge in [-0.05, 0) is 35.0 Å². The third-order valence-corrected chi connectivity index (χ3v) is 6.25. The molecule has 154 valence electrons. The lowest BCUT2D eigenvalue weighted by Crippen LogP contribution is -3.12. The predicted octanol–water partition coefficient (Wildman–Crippen LogP) is 3.03. The second-order valence-electron chi connectivity index (χ2n) is 7.57. The van der Waals surface area contributed by atoms with Gasteiger partial charge >= 0.3 is 0 Å². The van der Waals surface area contributed by atoms with Gasteiger partial charge in [-0.25, -0.2) is 4.99 Å². The van der Waals surface area contributed by atoms with Crippen LogP contribution in [-0.2, 0) is 4.79 Å². The van der Waals surface area contributed by atoms with Crippen LogP contribution in [0.4, 0.5) is 11.4 Å². The lowest BCUT2D eigenvalue weighted by atomic mass is 10.1. The quantitative estimate of drug-likeness (QED) is 0.505. The van der Waals surface area contributed by atoms with Gasteiger partial charge in [0.15, 0.2) is 5.17 Å². The lowest BCUT2D eigenvalue weighted by molar-refractivity contribution is -0.883. The van der Waals surface area contributed by atoms with Gasteiger partial charge < -0.3 is 15.1 Å². The molecule has 0 spiro atoms. The normalized spacial score (nSPS) is 15.4. The van der Waals surface area contributed by atoms with Crippen LogP contribution in [0.2, 0.25) is 0 Å². The van der Waals surface area contributed by atoms with Crippen molar-refractivity contribution in [2.24, 2.45) is 4.99 Å². The molecule has 4 rings (SSSR count). The van der Waals surface area contributed by atoms with Crippen molar-refractivity contribution in [3.05, 3.63) is 72.8 Å². The second-order valence-corrected chi connectivity index (χ2v) is 8.52. The highest BCUT2D eigenvalue weighted by atomic mass is 32.2. The van der Waals surface area contributed by atoms with Gasteiger partial charge in [0.2, 0.25) is 5.91 Å². The molecule has 0 atom stereocenters. The Kier molecular flexibility index (Phi) is 6.67. The molecule has 30 heavy (non-hydrogen) atoms.